The Hall–Kier alpha value is -0.0600. The maximum absolute atomic E-state index is 5.72. The first-order chi connectivity index (χ1) is 7.69. The van der Waals surface area contributed by atoms with E-state index in [1.54, 1.807) is 0 Å². The van der Waals surface area contributed by atoms with E-state index >= 15 is 0 Å². The summed E-state index contributed by atoms with van der Waals surface area (Å²) in [5, 5.41) is 0. The molecule has 0 unspecified atom stereocenters. The van der Waals surface area contributed by atoms with Crippen molar-refractivity contribution in [2.75, 3.05) is 13.2 Å². The molecule has 0 aliphatic rings. The van der Waals surface area contributed by atoms with Crippen LogP contribution in [0.2, 0.25) is 0 Å². The molecule has 0 aliphatic heterocycles. The molecule has 16 heavy (non-hydrogen) atoms. The second-order valence-corrected chi connectivity index (χ2v) is 5.34. The van der Waals surface area contributed by atoms with Gasteiger partial charge in [-0.1, -0.05) is 13.3 Å². The molecule has 0 radical (unpaired) electrons. The summed E-state index contributed by atoms with van der Waals surface area (Å²) in [4.78, 5) is 0. The Balaban J connectivity index is 2.77. The number of nitrogens with two attached hydrogens (primary N) is 1. The maximum Gasteiger partial charge on any atom is 0.147 e. The SMILES string of the molecule is CCCCOc1c(Br)cc(CCN)cc1Br. The van der Waals surface area contributed by atoms with E-state index in [1.165, 1.54) is 5.56 Å². The number of rotatable bonds is 6. The molecule has 0 aromatic heterocycles. The Morgan fingerprint density at radius 1 is 1.25 bits per heavy atom. The van der Waals surface area contributed by atoms with Crippen LogP contribution in [0, 0.1) is 0 Å². The Morgan fingerprint density at radius 2 is 1.88 bits per heavy atom. The lowest BCUT2D eigenvalue weighted by Gasteiger charge is -2.11. The minimum absolute atomic E-state index is 0.662. The van der Waals surface area contributed by atoms with Crippen LogP contribution in [0.25, 0.3) is 0 Å². The van der Waals surface area contributed by atoms with Gasteiger partial charge in [0.25, 0.3) is 0 Å². The molecular formula is C12H17Br2NO. The van der Waals surface area contributed by atoms with Gasteiger partial charge in [-0.2, -0.15) is 0 Å². The third-order valence-corrected chi connectivity index (χ3v) is 3.41. The molecule has 0 atom stereocenters. The van der Waals surface area contributed by atoms with Crippen molar-refractivity contribution < 1.29 is 4.74 Å². The summed E-state index contributed by atoms with van der Waals surface area (Å²) >= 11 is 7.05. The highest BCUT2D eigenvalue weighted by Gasteiger charge is 2.08. The smallest absolute Gasteiger partial charge is 0.147 e. The van der Waals surface area contributed by atoms with Crippen LogP contribution in [0.1, 0.15) is 25.3 Å². The van der Waals surface area contributed by atoms with Crippen LogP contribution < -0.4 is 10.5 Å². The van der Waals surface area contributed by atoms with Crippen molar-refractivity contribution in [2.45, 2.75) is 26.2 Å². The highest BCUT2D eigenvalue weighted by Crippen LogP contribution is 2.35. The minimum Gasteiger partial charge on any atom is -0.491 e. The normalized spacial score (nSPS) is 10.5. The van der Waals surface area contributed by atoms with Crippen LogP contribution in [0.5, 0.6) is 5.75 Å². The van der Waals surface area contributed by atoms with Crippen molar-refractivity contribution in [1.29, 1.82) is 0 Å². The zero-order valence-corrected chi connectivity index (χ0v) is 12.6. The minimum atomic E-state index is 0.662. The third kappa shape index (κ3) is 4.07. The van der Waals surface area contributed by atoms with Crippen molar-refractivity contribution >= 4 is 31.9 Å². The van der Waals surface area contributed by atoms with E-state index in [1.807, 2.05) is 0 Å². The Morgan fingerprint density at radius 3 is 2.38 bits per heavy atom. The molecule has 0 saturated heterocycles. The molecule has 2 N–H and O–H groups in total. The Kier molecular flexibility index (Phi) is 6.39. The second kappa shape index (κ2) is 7.30. The highest BCUT2D eigenvalue weighted by atomic mass is 79.9. The van der Waals surface area contributed by atoms with Crippen LogP contribution in [0.4, 0.5) is 0 Å². The first-order valence-electron chi connectivity index (χ1n) is 5.49. The zero-order valence-electron chi connectivity index (χ0n) is 9.43. The first kappa shape index (κ1) is 14.0. The van der Waals surface area contributed by atoms with Gasteiger partial charge in [0.15, 0.2) is 0 Å². The summed E-state index contributed by atoms with van der Waals surface area (Å²) in [6.45, 7) is 3.57. The Labute approximate surface area is 114 Å². The summed E-state index contributed by atoms with van der Waals surface area (Å²) in [7, 11) is 0. The molecule has 1 aromatic rings. The molecule has 2 nitrogen and oxygen atoms in total. The topological polar surface area (TPSA) is 35.2 Å². The summed E-state index contributed by atoms with van der Waals surface area (Å²) < 4.78 is 7.69. The lowest BCUT2D eigenvalue weighted by molar-refractivity contribution is 0.305. The lowest BCUT2D eigenvalue weighted by Crippen LogP contribution is -2.04. The fraction of sp³-hybridized carbons (Fsp3) is 0.500. The molecule has 0 bridgehead atoms. The van der Waals surface area contributed by atoms with E-state index in [-0.39, 0.29) is 0 Å². The van der Waals surface area contributed by atoms with Gasteiger partial charge in [-0.05, 0) is 68.9 Å². The highest BCUT2D eigenvalue weighted by molar-refractivity contribution is 9.11. The molecule has 4 heteroatoms. The van der Waals surface area contributed by atoms with Gasteiger partial charge in [0, 0.05) is 0 Å². The van der Waals surface area contributed by atoms with Gasteiger partial charge < -0.3 is 10.5 Å². The molecule has 0 heterocycles. The van der Waals surface area contributed by atoms with E-state index in [9.17, 15) is 0 Å². The summed E-state index contributed by atoms with van der Waals surface area (Å²) in [5.41, 5.74) is 6.75. The van der Waals surface area contributed by atoms with Gasteiger partial charge in [-0.3, -0.25) is 0 Å². The van der Waals surface area contributed by atoms with Crippen LogP contribution in [0.3, 0.4) is 0 Å². The number of ether oxygens (including phenoxy) is 1. The standard InChI is InChI=1S/C12H17Br2NO/c1-2-3-6-16-12-10(13)7-9(4-5-15)8-11(12)14/h7-8H,2-6,15H2,1H3. The van der Waals surface area contributed by atoms with Crippen LogP contribution in [-0.4, -0.2) is 13.2 Å². The third-order valence-electron chi connectivity index (χ3n) is 2.24. The van der Waals surface area contributed by atoms with Gasteiger partial charge in [-0.15, -0.1) is 0 Å². The van der Waals surface area contributed by atoms with Crippen LogP contribution >= 0.6 is 31.9 Å². The van der Waals surface area contributed by atoms with Crippen molar-refractivity contribution in [1.82, 2.24) is 0 Å². The van der Waals surface area contributed by atoms with E-state index in [2.05, 4.69) is 50.9 Å². The average molecular weight is 351 g/mol. The zero-order chi connectivity index (χ0) is 12.0. The monoisotopic (exact) mass is 349 g/mol. The number of benzene rings is 1. The Bertz CT molecular complexity index is 319. The van der Waals surface area contributed by atoms with Crippen molar-refractivity contribution in [3.8, 4) is 5.75 Å². The van der Waals surface area contributed by atoms with Crippen molar-refractivity contribution in [3.05, 3.63) is 26.6 Å². The number of unbranched alkanes of at least 4 members (excludes halogenated alkanes) is 1. The number of hydrogen-bond donors (Lipinski definition) is 1. The largest absolute Gasteiger partial charge is 0.491 e. The number of hydrogen-bond acceptors (Lipinski definition) is 2. The maximum atomic E-state index is 5.72. The molecular weight excluding hydrogens is 334 g/mol. The molecule has 0 aliphatic carbocycles. The van der Waals surface area contributed by atoms with Gasteiger partial charge in [0.1, 0.15) is 5.75 Å². The van der Waals surface area contributed by atoms with E-state index in [0.29, 0.717) is 6.54 Å². The van der Waals surface area contributed by atoms with Gasteiger partial charge in [0.2, 0.25) is 0 Å². The predicted molar refractivity (Wildman–Crippen MR) is 75.0 cm³/mol. The van der Waals surface area contributed by atoms with E-state index in [4.69, 9.17) is 10.5 Å². The summed E-state index contributed by atoms with van der Waals surface area (Å²) in [6.07, 6.45) is 3.09. The predicted octanol–water partition coefficient (Wildman–Crippen LogP) is 3.89. The molecule has 0 spiro atoms. The molecule has 1 aromatic carbocycles. The van der Waals surface area contributed by atoms with Crippen molar-refractivity contribution in [2.24, 2.45) is 5.73 Å². The van der Waals surface area contributed by atoms with Gasteiger partial charge in [0.05, 0.1) is 15.6 Å². The van der Waals surface area contributed by atoms with Gasteiger partial charge in [-0.25, -0.2) is 0 Å². The molecule has 90 valence electrons. The average Bonchev–Trinajstić information content (AvgIpc) is 2.23. The van der Waals surface area contributed by atoms with Gasteiger partial charge >= 0.3 is 0 Å². The molecule has 1 rings (SSSR count). The van der Waals surface area contributed by atoms with E-state index < -0.39 is 0 Å². The molecule has 0 amide bonds. The van der Waals surface area contributed by atoms with Crippen LogP contribution in [0.15, 0.2) is 21.1 Å². The van der Waals surface area contributed by atoms with Crippen LogP contribution in [-0.2, 0) is 6.42 Å². The van der Waals surface area contributed by atoms with E-state index in [0.717, 1.165) is 40.6 Å². The second-order valence-electron chi connectivity index (χ2n) is 3.63. The van der Waals surface area contributed by atoms with Crippen molar-refractivity contribution in [3.63, 3.8) is 0 Å². The quantitative estimate of drug-likeness (QED) is 0.790. The fourth-order valence-corrected chi connectivity index (χ4v) is 2.89. The fourth-order valence-electron chi connectivity index (χ4n) is 1.38. The number of halogens is 2. The first-order valence-corrected chi connectivity index (χ1v) is 7.08. The summed E-state index contributed by atoms with van der Waals surface area (Å²) in [6, 6.07) is 4.14. The molecule has 0 fully saturated rings. The summed E-state index contributed by atoms with van der Waals surface area (Å²) in [5.74, 6) is 0.884. The lowest BCUT2D eigenvalue weighted by atomic mass is 10.1. The molecule has 0 saturated carbocycles.